The average Bonchev–Trinajstić information content (AvgIpc) is 1.98. The molecule has 0 saturated carbocycles. The summed E-state index contributed by atoms with van der Waals surface area (Å²) in [6.45, 7) is 6.45. The molecule has 0 spiro atoms. The van der Waals surface area contributed by atoms with E-state index < -0.39 is 0 Å². The maximum atomic E-state index is 5.54. The SMILES string of the molecule is C[C@H]1[C@@H](Br)[C@@H](C)O[C@H]1C. The van der Waals surface area contributed by atoms with Crippen molar-refractivity contribution in [1.82, 2.24) is 0 Å². The van der Waals surface area contributed by atoms with E-state index in [1.807, 2.05) is 0 Å². The van der Waals surface area contributed by atoms with Crippen molar-refractivity contribution in [2.24, 2.45) is 5.92 Å². The quantitative estimate of drug-likeness (QED) is 0.536. The fourth-order valence-electron chi connectivity index (χ4n) is 1.22. The molecule has 2 heteroatoms. The number of hydrogen-bond acceptors (Lipinski definition) is 1. The standard InChI is InChI=1S/C7H13BrO/c1-4-5(2)9-6(3)7(4)8/h4-7H,1-3H3/t4-,5+,6-,7-/m1/s1. The molecule has 0 radical (unpaired) electrons. The zero-order valence-electron chi connectivity index (χ0n) is 6.10. The molecule has 0 bridgehead atoms. The molecule has 1 nitrogen and oxygen atoms in total. The molecule has 0 unspecified atom stereocenters. The van der Waals surface area contributed by atoms with Crippen LogP contribution >= 0.6 is 15.9 Å². The van der Waals surface area contributed by atoms with E-state index in [2.05, 4.69) is 36.7 Å². The third-order valence-corrected chi connectivity index (χ3v) is 3.70. The van der Waals surface area contributed by atoms with Gasteiger partial charge in [0.15, 0.2) is 0 Å². The van der Waals surface area contributed by atoms with Crippen molar-refractivity contribution in [3.63, 3.8) is 0 Å². The number of halogens is 1. The molecule has 4 atom stereocenters. The summed E-state index contributed by atoms with van der Waals surface area (Å²) < 4.78 is 5.54. The van der Waals surface area contributed by atoms with Gasteiger partial charge in [0, 0.05) is 4.83 Å². The van der Waals surface area contributed by atoms with Crippen molar-refractivity contribution < 1.29 is 4.74 Å². The van der Waals surface area contributed by atoms with Crippen LogP contribution in [0, 0.1) is 5.92 Å². The number of rotatable bonds is 0. The molecule has 1 heterocycles. The Morgan fingerprint density at radius 3 is 1.78 bits per heavy atom. The Labute approximate surface area is 64.9 Å². The van der Waals surface area contributed by atoms with Crippen molar-refractivity contribution in [3.8, 4) is 0 Å². The molecule has 0 aromatic rings. The molecule has 0 aliphatic carbocycles. The van der Waals surface area contributed by atoms with Gasteiger partial charge in [0.05, 0.1) is 12.2 Å². The Balaban J connectivity index is 2.54. The lowest BCUT2D eigenvalue weighted by Gasteiger charge is -2.08. The van der Waals surface area contributed by atoms with E-state index in [-0.39, 0.29) is 0 Å². The van der Waals surface area contributed by atoms with E-state index in [4.69, 9.17) is 4.74 Å². The molecular formula is C7H13BrO. The van der Waals surface area contributed by atoms with E-state index in [0.29, 0.717) is 23.0 Å². The normalized spacial score (nSPS) is 52.0. The van der Waals surface area contributed by atoms with Gasteiger partial charge in [-0.3, -0.25) is 0 Å². The molecule has 1 rings (SSSR count). The molecule has 0 aromatic heterocycles. The number of alkyl halides is 1. The molecule has 0 amide bonds. The lowest BCUT2D eigenvalue weighted by molar-refractivity contribution is 0.0588. The zero-order valence-corrected chi connectivity index (χ0v) is 7.68. The summed E-state index contributed by atoms with van der Waals surface area (Å²) in [5.74, 6) is 0.653. The first-order valence-corrected chi connectivity index (χ1v) is 4.34. The summed E-state index contributed by atoms with van der Waals surface area (Å²) in [5.41, 5.74) is 0. The van der Waals surface area contributed by atoms with Crippen molar-refractivity contribution in [2.45, 2.75) is 37.8 Å². The molecule has 1 aliphatic rings. The topological polar surface area (TPSA) is 9.23 Å². The minimum absolute atomic E-state index is 0.384. The predicted octanol–water partition coefficient (Wildman–Crippen LogP) is 2.19. The van der Waals surface area contributed by atoms with Crippen molar-refractivity contribution >= 4 is 15.9 Å². The minimum atomic E-state index is 0.384. The van der Waals surface area contributed by atoms with Crippen LogP contribution in [0.15, 0.2) is 0 Å². The average molecular weight is 193 g/mol. The van der Waals surface area contributed by atoms with E-state index in [1.165, 1.54) is 0 Å². The first-order valence-electron chi connectivity index (χ1n) is 3.42. The van der Waals surface area contributed by atoms with Crippen LogP contribution in [0.5, 0.6) is 0 Å². The van der Waals surface area contributed by atoms with E-state index in [9.17, 15) is 0 Å². The van der Waals surface area contributed by atoms with E-state index in [1.54, 1.807) is 0 Å². The monoisotopic (exact) mass is 192 g/mol. The smallest absolute Gasteiger partial charge is 0.0679 e. The Morgan fingerprint density at radius 1 is 1.11 bits per heavy atom. The summed E-state index contributed by atoms with van der Waals surface area (Å²) in [4.78, 5) is 0.549. The van der Waals surface area contributed by atoms with Crippen molar-refractivity contribution in [1.29, 1.82) is 0 Å². The van der Waals surface area contributed by atoms with Gasteiger partial charge < -0.3 is 4.74 Å². The molecule has 1 aliphatic heterocycles. The fraction of sp³-hybridized carbons (Fsp3) is 1.00. The first-order chi connectivity index (χ1) is 4.13. The molecule has 1 saturated heterocycles. The highest BCUT2D eigenvalue weighted by molar-refractivity contribution is 9.09. The largest absolute Gasteiger partial charge is 0.374 e. The lowest BCUT2D eigenvalue weighted by atomic mass is 10.0. The summed E-state index contributed by atoms with van der Waals surface area (Å²) in [6.07, 6.45) is 0.805. The molecule has 0 N–H and O–H groups in total. The summed E-state index contributed by atoms with van der Waals surface area (Å²) in [6, 6.07) is 0. The van der Waals surface area contributed by atoms with Gasteiger partial charge in [-0.05, 0) is 19.8 Å². The summed E-state index contributed by atoms with van der Waals surface area (Å²) in [5, 5.41) is 0. The second kappa shape index (κ2) is 2.59. The van der Waals surface area contributed by atoms with E-state index in [0.717, 1.165) is 0 Å². The fourth-order valence-corrected chi connectivity index (χ4v) is 1.78. The van der Waals surface area contributed by atoms with E-state index >= 15 is 0 Å². The Morgan fingerprint density at radius 2 is 1.67 bits per heavy atom. The van der Waals surface area contributed by atoms with Crippen LogP contribution in [0.1, 0.15) is 20.8 Å². The van der Waals surface area contributed by atoms with Gasteiger partial charge in [-0.25, -0.2) is 0 Å². The summed E-state index contributed by atoms with van der Waals surface area (Å²) in [7, 11) is 0. The van der Waals surface area contributed by atoms with Gasteiger partial charge in [-0.2, -0.15) is 0 Å². The predicted molar refractivity (Wildman–Crippen MR) is 41.9 cm³/mol. The second-order valence-electron chi connectivity index (χ2n) is 2.85. The van der Waals surface area contributed by atoms with Gasteiger partial charge in [-0.15, -0.1) is 0 Å². The second-order valence-corrected chi connectivity index (χ2v) is 3.91. The highest BCUT2D eigenvalue weighted by Gasteiger charge is 2.34. The van der Waals surface area contributed by atoms with Crippen LogP contribution in [0.2, 0.25) is 0 Å². The van der Waals surface area contributed by atoms with Crippen LogP contribution in [0.3, 0.4) is 0 Å². The first kappa shape index (κ1) is 7.55. The van der Waals surface area contributed by atoms with Crippen molar-refractivity contribution in [3.05, 3.63) is 0 Å². The third kappa shape index (κ3) is 1.30. The van der Waals surface area contributed by atoms with Crippen LogP contribution in [0.25, 0.3) is 0 Å². The molecule has 1 fully saturated rings. The van der Waals surface area contributed by atoms with Crippen LogP contribution < -0.4 is 0 Å². The molecule has 9 heavy (non-hydrogen) atoms. The number of ether oxygens (including phenoxy) is 1. The van der Waals surface area contributed by atoms with Gasteiger partial charge in [0.1, 0.15) is 0 Å². The Bertz CT molecular complexity index is 93.1. The Hall–Kier alpha value is 0.440. The number of hydrogen-bond donors (Lipinski definition) is 0. The maximum absolute atomic E-state index is 5.54. The molecular weight excluding hydrogens is 180 g/mol. The van der Waals surface area contributed by atoms with Crippen LogP contribution in [0.4, 0.5) is 0 Å². The van der Waals surface area contributed by atoms with Crippen LogP contribution in [-0.4, -0.2) is 17.0 Å². The summed E-state index contributed by atoms with van der Waals surface area (Å²) >= 11 is 3.58. The molecule has 54 valence electrons. The Kier molecular flexibility index (Phi) is 2.17. The molecule has 0 aromatic carbocycles. The van der Waals surface area contributed by atoms with Crippen molar-refractivity contribution in [2.75, 3.05) is 0 Å². The highest BCUT2D eigenvalue weighted by atomic mass is 79.9. The zero-order chi connectivity index (χ0) is 7.02. The minimum Gasteiger partial charge on any atom is -0.374 e. The van der Waals surface area contributed by atoms with Gasteiger partial charge >= 0.3 is 0 Å². The lowest BCUT2D eigenvalue weighted by Crippen LogP contribution is -2.15. The van der Waals surface area contributed by atoms with Gasteiger partial charge in [-0.1, -0.05) is 22.9 Å². The third-order valence-electron chi connectivity index (χ3n) is 2.12. The van der Waals surface area contributed by atoms with Gasteiger partial charge in [0.25, 0.3) is 0 Å². The van der Waals surface area contributed by atoms with Gasteiger partial charge in [0.2, 0.25) is 0 Å². The van der Waals surface area contributed by atoms with Crippen LogP contribution in [-0.2, 0) is 4.74 Å². The highest BCUT2D eigenvalue weighted by Crippen LogP contribution is 2.31. The maximum Gasteiger partial charge on any atom is 0.0679 e.